The number of thiophene rings is 1. The summed E-state index contributed by atoms with van der Waals surface area (Å²) in [7, 11) is 0. The van der Waals surface area contributed by atoms with E-state index in [1.165, 1.54) is 4.88 Å². The molecule has 0 aromatic carbocycles. The Labute approximate surface area is 166 Å². The maximum Gasteiger partial charge on any atom is 0.289 e. The molecule has 7 heteroatoms. The van der Waals surface area contributed by atoms with Crippen molar-refractivity contribution in [3.8, 4) is 10.4 Å². The maximum absolute atomic E-state index is 12.7. The summed E-state index contributed by atoms with van der Waals surface area (Å²) < 4.78 is 7.36. The highest BCUT2D eigenvalue weighted by atomic mass is 32.1. The zero-order valence-corrected chi connectivity index (χ0v) is 16.4. The minimum absolute atomic E-state index is 0.0541. The Morgan fingerprint density at radius 2 is 2.18 bits per heavy atom. The second-order valence-corrected chi connectivity index (χ2v) is 8.12. The first-order valence-corrected chi connectivity index (χ1v) is 10.3. The van der Waals surface area contributed by atoms with Gasteiger partial charge in [-0.25, -0.2) is 9.50 Å². The van der Waals surface area contributed by atoms with Gasteiger partial charge >= 0.3 is 0 Å². The fraction of sp³-hybridized carbons (Fsp3) is 0.286. The van der Waals surface area contributed by atoms with Crippen molar-refractivity contribution in [2.75, 3.05) is 13.1 Å². The number of piperidine rings is 1. The quantitative estimate of drug-likeness (QED) is 0.519. The fourth-order valence-corrected chi connectivity index (χ4v) is 4.46. The van der Waals surface area contributed by atoms with E-state index < -0.39 is 0 Å². The minimum atomic E-state index is -0.0541. The molecule has 4 aromatic heterocycles. The number of aryl methyl sites for hydroxylation is 1. The van der Waals surface area contributed by atoms with E-state index in [9.17, 15) is 4.79 Å². The summed E-state index contributed by atoms with van der Waals surface area (Å²) >= 11 is 1.71. The lowest BCUT2D eigenvalue weighted by Gasteiger charge is -2.30. The lowest BCUT2D eigenvalue weighted by molar-refractivity contribution is 0.0671. The molecule has 0 N–H and O–H groups in total. The van der Waals surface area contributed by atoms with Crippen molar-refractivity contribution in [2.45, 2.75) is 25.7 Å². The smallest absolute Gasteiger partial charge is 0.289 e. The van der Waals surface area contributed by atoms with Gasteiger partial charge in [0.25, 0.3) is 5.91 Å². The largest absolute Gasteiger partial charge is 0.456 e. The standard InChI is InChI=1S/C21H20N4O2S/c1-14-6-8-17(27-14)21(26)24-10-2-4-16(12-24)20-22-19-9-7-15(13-25(19)23-20)18-5-3-11-28-18/h3,5-9,11,13,16H,2,4,10,12H2,1H3/t16-/m1/s1. The summed E-state index contributed by atoms with van der Waals surface area (Å²) in [5.74, 6) is 2.04. The number of pyridine rings is 1. The molecule has 1 aliphatic rings. The summed E-state index contributed by atoms with van der Waals surface area (Å²) in [6.07, 6.45) is 3.94. The SMILES string of the molecule is Cc1ccc(C(=O)N2CCC[C@@H](c3nc4ccc(-c5cccs5)cn4n3)C2)o1. The Hall–Kier alpha value is -2.93. The number of likely N-dealkylation sites (tertiary alicyclic amines) is 1. The van der Waals surface area contributed by atoms with Crippen molar-refractivity contribution < 1.29 is 9.21 Å². The highest BCUT2D eigenvalue weighted by molar-refractivity contribution is 7.13. The first kappa shape index (κ1) is 17.2. The molecular weight excluding hydrogens is 372 g/mol. The Balaban J connectivity index is 1.39. The third-order valence-corrected chi connectivity index (χ3v) is 6.10. The second-order valence-electron chi connectivity index (χ2n) is 7.17. The number of fused-ring (bicyclic) bond motifs is 1. The Kier molecular flexibility index (Phi) is 4.24. The number of hydrogen-bond acceptors (Lipinski definition) is 5. The predicted octanol–water partition coefficient (Wildman–Crippen LogP) is 4.38. The number of aromatic nitrogens is 3. The number of hydrogen-bond donors (Lipinski definition) is 0. The van der Waals surface area contributed by atoms with Gasteiger partial charge in [-0.3, -0.25) is 4.79 Å². The molecule has 1 saturated heterocycles. The Morgan fingerprint density at radius 1 is 1.25 bits per heavy atom. The number of nitrogens with zero attached hydrogens (tertiary/aromatic N) is 4. The molecule has 0 aliphatic carbocycles. The predicted molar refractivity (Wildman–Crippen MR) is 108 cm³/mol. The van der Waals surface area contributed by atoms with E-state index in [1.807, 2.05) is 40.7 Å². The van der Waals surface area contributed by atoms with Crippen LogP contribution in [0.3, 0.4) is 0 Å². The van der Waals surface area contributed by atoms with Crippen molar-refractivity contribution in [2.24, 2.45) is 0 Å². The van der Waals surface area contributed by atoms with Gasteiger partial charge in [0.15, 0.2) is 17.2 Å². The van der Waals surface area contributed by atoms with Crippen LogP contribution in [0.2, 0.25) is 0 Å². The number of amides is 1. The Morgan fingerprint density at radius 3 is 2.96 bits per heavy atom. The number of rotatable bonds is 3. The topological polar surface area (TPSA) is 63.6 Å². The molecule has 5 rings (SSSR count). The van der Waals surface area contributed by atoms with Gasteiger partial charge in [-0.05, 0) is 55.5 Å². The van der Waals surface area contributed by atoms with Crippen LogP contribution in [0.4, 0.5) is 0 Å². The number of carbonyl (C=O) groups is 1. The average Bonchev–Trinajstić information content (AvgIpc) is 3.47. The highest BCUT2D eigenvalue weighted by Gasteiger charge is 2.29. The van der Waals surface area contributed by atoms with Crippen LogP contribution in [0.15, 0.2) is 52.4 Å². The first-order valence-electron chi connectivity index (χ1n) is 9.43. The van der Waals surface area contributed by atoms with Crippen LogP contribution in [-0.2, 0) is 0 Å². The van der Waals surface area contributed by atoms with Crippen molar-refractivity contribution in [3.63, 3.8) is 0 Å². The van der Waals surface area contributed by atoms with E-state index in [1.54, 1.807) is 17.4 Å². The third-order valence-electron chi connectivity index (χ3n) is 5.18. The summed E-state index contributed by atoms with van der Waals surface area (Å²) in [4.78, 5) is 20.5. The zero-order valence-electron chi connectivity index (χ0n) is 15.5. The van der Waals surface area contributed by atoms with Crippen molar-refractivity contribution in [1.29, 1.82) is 0 Å². The maximum atomic E-state index is 12.7. The summed E-state index contributed by atoms with van der Waals surface area (Å²) in [6, 6.07) is 11.8. The lowest BCUT2D eigenvalue weighted by Crippen LogP contribution is -2.39. The van der Waals surface area contributed by atoms with Gasteiger partial charge in [0, 0.05) is 35.6 Å². The molecule has 0 unspecified atom stereocenters. The normalized spacial score (nSPS) is 17.3. The van der Waals surface area contributed by atoms with Crippen molar-refractivity contribution in [1.82, 2.24) is 19.5 Å². The van der Waals surface area contributed by atoms with Crippen LogP contribution in [0.25, 0.3) is 16.1 Å². The molecule has 0 spiro atoms. The summed E-state index contributed by atoms with van der Waals surface area (Å²) in [6.45, 7) is 3.21. The Bertz CT molecular complexity index is 1130. The molecule has 5 heterocycles. The van der Waals surface area contributed by atoms with Crippen LogP contribution < -0.4 is 0 Å². The molecule has 28 heavy (non-hydrogen) atoms. The van der Waals surface area contributed by atoms with Gasteiger partial charge in [0.1, 0.15) is 5.76 Å². The van der Waals surface area contributed by atoms with E-state index in [4.69, 9.17) is 14.5 Å². The molecule has 1 aliphatic heterocycles. The van der Waals surface area contributed by atoms with Gasteiger partial charge in [0.05, 0.1) is 0 Å². The van der Waals surface area contributed by atoms with Crippen LogP contribution >= 0.6 is 11.3 Å². The molecule has 6 nitrogen and oxygen atoms in total. The van der Waals surface area contributed by atoms with Crippen LogP contribution in [0, 0.1) is 6.92 Å². The van der Waals surface area contributed by atoms with Gasteiger partial charge in [-0.1, -0.05) is 6.07 Å². The van der Waals surface area contributed by atoms with Gasteiger partial charge in [-0.15, -0.1) is 11.3 Å². The van der Waals surface area contributed by atoms with Gasteiger partial charge < -0.3 is 9.32 Å². The van der Waals surface area contributed by atoms with E-state index in [2.05, 4.69) is 17.5 Å². The molecular formula is C21H20N4O2S. The van der Waals surface area contributed by atoms with Crippen LogP contribution in [0.1, 0.15) is 40.9 Å². The first-order chi connectivity index (χ1) is 13.7. The van der Waals surface area contributed by atoms with E-state index in [0.717, 1.165) is 42.2 Å². The highest BCUT2D eigenvalue weighted by Crippen LogP contribution is 2.28. The van der Waals surface area contributed by atoms with E-state index in [0.29, 0.717) is 12.3 Å². The van der Waals surface area contributed by atoms with Gasteiger partial charge in [-0.2, -0.15) is 5.10 Å². The molecule has 142 valence electrons. The van der Waals surface area contributed by atoms with Gasteiger partial charge in [0.2, 0.25) is 0 Å². The van der Waals surface area contributed by atoms with Crippen LogP contribution in [-0.4, -0.2) is 38.5 Å². The molecule has 1 fully saturated rings. The average molecular weight is 392 g/mol. The summed E-state index contributed by atoms with van der Waals surface area (Å²) in [5.41, 5.74) is 1.97. The van der Waals surface area contributed by atoms with Crippen LogP contribution in [0.5, 0.6) is 0 Å². The molecule has 0 saturated carbocycles. The molecule has 1 atom stereocenters. The van der Waals surface area contributed by atoms with Crippen molar-refractivity contribution >= 4 is 22.9 Å². The molecule has 4 aromatic rings. The number of carbonyl (C=O) groups excluding carboxylic acids is 1. The number of furan rings is 1. The lowest BCUT2D eigenvalue weighted by atomic mass is 9.97. The third kappa shape index (κ3) is 3.11. The second kappa shape index (κ2) is 6.91. The molecule has 1 amide bonds. The zero-order chi connectivity index (χ0) is 19.1. The molecule has 0 radical (unpaired) electrons. The summed E-state index contributed by atoms with van der Waals surface area (Å²) in [5, 5.41) is 6.80. The van der Waals surface area contributed by atoms with E-state index >= 15 is 0 Å². The van der Waals surface area contributed by atoms with E-state index in [-0.39, 0.29) is 11.8 Å². The molecule has 0 bridgehead atoms. The van der Waals surface area contributed by atoms with Crippen molar-refractivity contribution in [3.05, 3.63) is 65.3 Å². The monoisotopic (exact) mass is 392 g/mol. The fourth-order valence-electron chi connectivity index (χ4n) is 3.74. The minimum Gasteiger partial charge on any atom is -0.456 e.